The smallest absolute Gasteiger partial charge is 0.390 e. The van der Waals surface area contributed by atoms with Gasteiger partial charge in [0.05, 0.1) is 12.3 Å². The molecular formula is C11H16N4O3. The van der Waals surface area contributed by atoms with E-state index in [0.717, 1.165) is 13.1 Å². The van der Waals surface area contributed by atoms with Gasteiger partial charge in [-0.1, -0.05) is 0 Å². The largest absolute Gasteiger partial charge is 0.417 e. The number of nitrogens with zero attached hydrogens (tertiary/aromatic N) is 3. The van der Waals surface area contributed by atoms with Crippen molar-refractivity contribution >= 4 is 6.09 Å². The van der Waals surface area contributed by atoms with Gasteiger partial charge in [-0.25, -0.2) is 9.78 Å². The highest BCUT2D eigenvalue weighted by Gasteiger charge is 2.19. The second-order valence-electron chi connectivity index (χ2n) is 4.05. The summed E-state index contributed by atoms with van der Waals surface area (Å²) in [5.74, 6) is 0. The fourth-order valence-corrected chi connectivity index (χ4v) is 1.72. The average molecular weight is 252 g/mol. The monoisotopic (exact) mass is 252 g/mol. The maximum Gasteiger partial charge on any atom is 0.417 e. The Hall–Kier alpha value is -1.73. The summed E-state index contributed by atoms with van der Waals surface area (Å²) in [6, 6.07) is 1.63. The Balaban J connectivity index is 2.03. The Bertz CT molecular complexity index is 432. The fourth-order valence-electron chi connectivity index (χ4n) is 1.72. The van der Waals surface area contributed by atoms with Crippen LogP contribution in [0.1, 0.15) is 11.4 Å². The van der Waals surface area contributed by atoms with Crippen LogP contribution in [0.15, 0.2) is 6.07 Å². The van der Waals surface area contributed by atoms with Crippen molar-refractivity contribution in [1.82, 2.24) is 20.2 Å². The molecule has 98 valence electrons. The van der Waals surface area contributed by atoms with Crippen molar-refractivity contribution in [2.45, 2.75) is 13.5 Å². The van der Waals surface area contributed by atoms with E-state index in [0.29, 0.717) is 24.5 Å². The van der Waals surface area contributed by atoms with Crippen molar-refractivity contribution in [2.24, 2.45) is 0 Å². The lowest BCUT2D eigenvalue weighted by molar-refractivity contribution is 0.141. The SMILES string of the molecule is Cc1cc(CO)nc(OC(=O)N2CCNCC2)n1. The van der Waals surface area contributed by atoms with E-state index in [4.69, 9.17) is 9.84 Å². The minimum Gasteiger partial charge on any atom is -0.390 e. The zero-order valence-electron chi connectivity index (χ0n) is 10.2. The number of ether oxygens (including phenoxy) is 1. The molecule has 18 heavy (non-hydrogen) atoms. The molecule has 1 saturated heterocycles. The van der Waals surface area contributed by atoms with Crippen LogP contribution in [-0.4, -0.2) is 52.2 Å². The van der Waals surface area contributed by atoms with Gasteiger partial charge in [0.1, 0.15) is 0 Å². The summed E-state index contributed by atoms with van der Waals surface area (Å²) in [6.07, 6.45) is -0.453. The summed E-state index contributed by atoms with van der Waals surface area (Å²) in [5.41, 5.74) is 1.09. The van der Waals surface area contributed by atoms with Crippen LogP contribution in [0.2, 0.25) is 0 Å². The second-order valence-corrected chi connectivity index (χ2v) is 4.05. The van der Waals surface area contributed by atoms with E-state index in [9.17, 15) is 4.79 Å². The van der Waals surface area contributed by atoms with Crippen LogP contribution in [-0.2, 0) is 6.61 Å². The Morgan fingerprint density at radius 2 is 2.22 bits per heavy atom. The number of nitrogens with one attached hydrogen (secondary N) is 1. The van der Waals surface area contributed by atoms with Crippen LogP contribution in [0.25, 0.3) is 0 Å². The summed E-state index contributed by atoms with van der Waals surface area (Å²) in [6.45, 7) is 4.27. The van der Waals surface area contributed by atoms with Crippen molar-refractivity contribution in [2.75, 3.05) is 26.2 Å². The molecule has 1 aliphatic heterocycles. The van der Waals surface area contributed by atoms with Gasteiger partial charge in [-0.2, -0.15) is 4.98 Å². The quantitative estimate of drug-likeness (QED) is 0.750. The molecule has 0 aromatic carbocycles. The molecule has 0 atom stereocenters. The highest BCUT2D eigenvalue weighted by molar-refractivity contribution is 5.69. The maximum absolute atomic E-state index is 11.8. The third-order valence-electron chi connectivity index (χ3n) is 2.60. The van der Waals surface area contributed by atoms with Gasteiger partial charge >= 0.3 is 12.1 Å². The minimum absolute atomic E-state index is 0.0115. The molecule has 0 spiro atoms. The van der Waals surface area contributed by atoms with Crippen molar-refractivity contribution in [3.63, 3.8) is 0 Å². The van der Waals surface area contributed by atoms with Crippen molar-refractivity contribution < 1.29 is 14.6 Å². The van der Waals surface area contributed by atoms with E-state index in [-0.39, 0.29) is 12.6 Å². The van der Waals surface area contributed by atoms with E-state index >= 15 is 0 Å². The zero-order chi connectivity index (χ0) is 13.0. The van der Waals surface area contributed by atoms with Crippen LogP contribution in [0.5, 0.6) is 6.01 Å². The molecule has 0 bridgehead atoms. The average Bonchev–Trinajstić information content (AvgIpc) is 2.39. The number of aromatic nitrogens is 2. The highest BCUT2D eigenvalue weighted by Crippen LogP contribution is 2.09. The number of rotatable bonds is 2. The number of piperazine rings is 1. The van der Waals surface area contributed by atoms with Gasteiger partial charge in [0, 0.05) is 31.9 Å². The number of aliphatic hydroxyl groups is 1. The molecule has 1 aromatic rings. The van der Waals surface area contributed by atoms with Crippen molar-refractivity contribution in [3.8, 4) is 6.01 Å². The molecule has 0 aliphatic carbocycles. The molecule has 7 nitrogen and oxygen atoms in total. The lowest BCUT2D eigenvalue weighted by atomic mass is 10.3. The van der Waals surface area contributed by atoms with Crippen molar-refractivity contribution in [1.29, 1.82) is 0 Å². The standard InChI is InChI=1S/C11H16N4O3/c1-8-6-9(7-16)14-10(13-8)18-11(17)15-4-2-12-3-5-15/h6,12,16H,2-5,7H2,1H3. The van der Waals surface area contributed by atoms with Crippen LogP contribution < -0.4 is 10.1 Å². The fraction of sp³-hybridized carbons (Fsp3) is 0.545. The van der Waals surface area contributed by atoms with E-state index in [1.54, 1.807) is 17.9 Å². The number of carbonyl (C=O) groups excluding carboxylic acids is 1. The number of aliphatic hydroxyl groups excluding tert-OH is 1. The first-order chi connectivity index (χ1) is 8.69. The lowest BCUT2D eigenvalue weighted by Crippen LogP contribution is -2.47. The summed E-state index contributed by atoms with van der Waals surface area (Å²) < 4.78 is 5.10. The Kier molecular flexibility index (Phi) is 4.06. The number of aryl methyl sites for hydroxylation is 1. The van der Waals surface area contributed by atoms with Crippen LogP contribution in [0.3, 0.4) is 0 Å². The number of hydrogen-bond donors (Lipinski definition) is 2. The van der Waals surface area contributed by atoms with E-state index < -0.39 is 6.09 Å². The third kappa shape index (κ3) is 3.14. The summed E-state index contributed by atoms with van der Waals surface area (Å²) >= 11 is 0. The van der Waals surface area contributed by atoms with Gasteiger partial charge in [-0.05, 0) is 13.0 Å². The molecule has 7 heteroatoms. The second kappa shape index (κ2) is 5.74. The molecule has 0 unspecified atom stereocenters. The van der Waals surface area contributed by atoms with Gasteiger partial charge in [-0.15, -0.1) is 0 Å². The third-order valence-corrected chi connectivity index (χ3v) is 2.60. The van der Waals surface area contributed by atoms with Crippen LogP contribution in [0, 0.1) is 6.92 Å². The Morgan fingerprint density at radius 3 is 2.89 bits per heavy atom. The zero-order valence-corrected chi connectivity index (χ0v) is 10.2. The summed E-state index contributed by atoms with van der Waals surface area (Å²) in [4.78, 5) is 21.4. The topological polar surface area (TPSA) is 87.6 Å². The van der Waals surface area contributed by atoms with Gasteiger partial charge in [0.15, 0.2) is 0 Å². The predicted octanol–water partition coefficient (Wildman–Crippen LogP) is -0.319. The first kappa shape index (κ1) is 12.7. The number of hydrogen-bond acceptors (Lipinski definition) is 6. The minimum atomic E-state index is -0.453. The van der Waals surface area contributed by atoms with Gasteiger partial charge in [-0.3, -0.25) is 0 Å². The Labute approximate surface area is 105 Å². The normalized spacial score (nSPS) is 15.6. The van der Waals surface area contributed by atoms with E-state index in [2.05, 4.69) is 15.3 Å². The molecule has 1 aliphatic rings. The van der Waals surface area contributed by atoms with Gasteiger partial charge < -0.3 is 20.1 Å². The van der Waals surface area contributed by atoms with Gasteiger partial charge in [0.2, 0.25) is 0 Å². The predicted molar refractivity (Wildman–Crippen MR) is 63.2 cm³/mol. The first-order valence-electron chi connectivity index (χ1n) is 5.82. The van der Waals surface area contributed by atoms with E-state index in [1.165, 1.54) is 0 Å². The molecule has 0 saturated carbocycles. The molecular weight excluding hydrogens is 236 g/mol. The molecule has 1 amide bonds. The van der Waals surface area contributed by atoms with Crippen LogP contribution in [0.4, 0.5) is 4.79 Å². The first-order valence-corrected chi connectivity index (χ1v) is 5.82. The lowest BCUT2D eigenvalue weighted by Gasteiger charge is -2.25. The molecule has 2 N–H and O–H groups in total. The molecule has 2 heterocycles. The molecule has 1 aromatic heterocycles. The maximum atomic E-state index is 11.8. The number of amides is 1. The summed E-state index contributed by atoms with van der Waals surface area (Å²) in [5, 5.41) is 12.2. The highest BCUT2D eigenvalue weighted by atomic mass is 16.6. The van der Waals surface area contributed by atoms with E-state index in [1.807, 2.05) is 0 Å². The van der Waals surface area contributed by atoms with Crippen LogP contribution >= 0.6 is 0 Å². The molecule has 2 rings (SSSR count). The van der Waals surface area contributed by atoms with Gasteiger partial charge in [0.25, 0.3) is 0 Å². The van der Waals surface area contributed by atoms with Crippen molar-refractivity contribution in [3.05, 3.63) is 17.5 Å². The molecule has 1 fully saturated rings. The summed E-state index contributed by atoms with van der Waals surface area (Å²) in [7, 11) is 0. The number of carbonyl (C=O) groups is 1. The molecule has 0 radical (unpaired) electrons. The Morgan fingerprint density at radius 1 is 1.50 bits per heavy atom.